The molecule has 3 aliphatic rings. The van der Waals surface area contributed by atoms with Crippen molar-refractivity contribution in [1.29, 1.82) is 0 Å². The summed E-state index contributed by atoms with van der Waals surface area (Å²) in [5, 5.41) is 8.90. The summed E-state index contributed by atoms with van der Waals surface area (Å²) in [6, 6.07) is 0. The maximum atomic E-state index is 8.90. The quantitative estimate of drug-likeness (QED) is 0.686. The number of aliphatic hydroxyl groups is 1. The van der Waals surface area contributed by atoms with Crippen LogP contribution < -0.4 is 0 Å². The Labute approximate surface area is 79.9 Å². The minimum Gasteiger partial charge on any atom is -0.395 e. The molecule has 3 rings (SSSR count). The van der Waals surface area contributed by atoms with Gasteiger partial charge >= 0.3 is 0 Å². The van der Waals surface area contributed by atoms with E-state index in [0.29, 0.717) is 6.61 Å². The SMILES string of the molecule is OCCN1CC2C3CCC(C3)C2C1. The van der Waals surface area contributed by atoms with E-state index in [9.17, 15) is 0 Å². The molecule has 1 aliphatic heterocycles. The summed E-state index contributed by atoms with van der Waals surface area (Å²) >= 11 is 0. The standard InChI is InChI=1S/C11H19NO/c13-4-3-12-6-10-8-1-2-9(5-8)11(10)7-12/h8-11,13H,1-7H2. The summed E-state index contributed by atoms with van der Waals surface area (Å²) in [4.78, 5) is 2.47. The Hall–Kier alpha value is -0.0800. The summed E-state index contributed by atoms with van der Waals surface area (Å²) in [6.45, 7) is 3.82. The van der Waals surface area contributed by atoms with Gasteiger partial charge in [0.15, 0.2) is 0 Å². The molecule has 0 amide bonds. The second-order valence-electron chi connectivity index (χ2n) is 5.14. The summed E-state index contributed by atoms with van der Waals surface area (Å²) in [6.07, 6.45) is 4.53. The number of hydrogen-bond acceptors (Lipinski definition) is 2. The molecule has 0 aromatic carbocycles. The highest BCUT2D eigenvalue weighted by Gasteiger charge is 2.51. The van der Waals surface area contributed by atoms with Gasteiger partial charge in [-0.05, 0) is 42.9 Å². The van der Waals surface area contributed by atoms with Crippen molar-refractivity contribution in [2.24, 2.45) is 23.7 Å². The van der Waals surface area contributed by atoms with Gasteiger partial charge in [0.2, 0.25) is 0 Å². The van der Waals surface area contributed by atoms with Crippen molar-refractivity contribution in [2.75, 3.05) is 26.2 Å². The predicted octanol–water partition coefficient (Wildman–Crippen LogP) is 0.957. The van der Waals surface area contributed by atoms with Crippen LogP contribution in [-0.2, 0) is 0 Å². The first-order valence-electron chi connectivity index (χ1n) is 5.71. The summed E-state index contributed by atoms with van der Waals surface area (Å²) < 4.78 is 0. The van der Waals surface area contributed by atoms with E-state index in [4.69, 9.17) is 5.11 Å². The fourth-order valence-corrected chi connectivity index (χ4v) is 4.09. The van der Waals surface area contributed by atoms with Crippen LogP contribution in [0.25, 0.3) is 0 Å². The molecule has 1 saturated heterocycles. The van der Waals surface area contributed by atoms with Gasteiger partial charge in [0.1, 0.15) is 0 Å². The highest BCUT2D eigenvalue weighted by Crippen LogP contribution is 2.54. The number of hydrogen-bond donors (Lipinski definition) is 1. The third-order valence-corrected chi connectivity index (χ3v) is 4.63. The molecule has 2 saturated carbocycles. The molecule has 3 fully saturated rings. The van der Waals surface area contributed by atoms with Gasteiger partial charge in [0.25, 0.3) is 0 Å². The molecule has 0 radical (unpaired) electrons. The first kappa shape index (κ1) is 8.25. The van der Waals surface area contributed by atoms with E-state index >= 15 is 0 Å². The van der Waals surface area contributed by atoms with Crippen LogP contribution >= 0.6 is 0 Å². The van der Waals surface area contributed by atoms with E-state index in [2.05, 4.69) is 4.90 Å². The molecule has 0 spiro atoms. The lowest BCUT2D eigenvalue weighted by Crippen LogP contribution is -2.26. The summed E-state index contributed by atoms with van der Waals surface area (Å²) in [5.41, 5.74) is 0. The minimum atomic E-state index is 0.342. The molecule has 4 atom stereocenters. The molecular weight excluding hydrogens is 162 g/mol. The molecule has 2 nitrogen and oxygen atoms in total. The highest BCUT2D eigenvalue weighted by atomic mass is 16.3. The fourth-order valence-electron chi connectivity index (χ4n) is 4.09. The first-order valence-corrected chi connectivity index (χ1v) is 5.71. The number of nitrogens with zero attached hydrogens (tertiary/aromatic N) is 1. The maximum Gasteiger partial charge on any atom is 0.0558 e. The molecule has 0 aromatic heterocycles. The van der Waals surface area contributed by atoms with Gasteiger partial charge in [-0.25, -0.2) is 0 Å². The van der Waals surface area contributed by atoms with E-state index in [0.717, 1.165) is 30.2 Å². The van der Waals surface area contributed by atoms with E-state index in [1.165, 1.54) is 32.4 Å². The average molecular weight is 181 g/mol. The monoisotopic (exact) mass is 181 g/mol. The topological polar surface area (TPSA) is 23.5 Å². The molecule has 13 heavy (non-hydrogen) atoms. The van der Waals surface area contributed by atoms with E-state index in [1.54, 1.807) is 0 Å². The average Bonchev–Trinajstić information content (AvgIpc) is 2.72. The Bertz CT molecular complexity index is 188. The Morgan fingerprint density at radius 1 is 1.08 bits per heavy atom. The molecule has 2 aliphatic carbocycles. The second kappa shape index (κ2) is 2.96. The number of fused-ring (bicyclic) bond motifs is 5. The Balaban J connectivity index is 1.69. The van der Waals surface area contributed by atoms with Crippen LogP contribution in [0.15, 0.2) is 0 Å². The van der Waals surface area contributed by atoms with Crippen molar-refractivity contribution < 1.29 is 5.11 Å². The van der Waals surface area contributed by atoms with Crippen LogP contribution in [-0.4, -0.2) is 36.2 Å². The van der Waals surface area contributed by atoms with Crippen molar-refractivity contribution in [2.45, 2.75) is 19.3 Å². The highest BCUT2D eigenvalue weighted by molar-refractivity contribution is 5.01. The third-order valence-electron chi connectivity index (χ3n) is 4.63. The van der Waals surface area contributed by atoms with Crippen molar-refractivity contribution in [1.82, 2.24) is 4.90 Å². The largest absolute Gasteiger partial charge is 0.395 e. The second-order valence-corrected chi connectivity index (χ2v) is 5.14. The number of aliphatic hydroxyl groups excluding tert-OH is 1. The van der Waals surface area contributed by atoms with Gasteiger partial charge in [0.05, 0.1) is 6.61 Å². The Morgan fingerprint density at radius 2 is 1.69 bits per heavy atom. The lowest BCUT2D eigenvalue weighted by Gasteiger charge is -2.22. The minimum absolute atomic E-state index is 0.342. The third kappa shape index (κ3) is 1.15. The Kier molecular flexibility index (Phi) is 1.88. The Morgan fingerprint density at radius 3 is 2.23 bits per heavy atom. The molecule has 1 N–H and O–H groups in total. The zero-order valence-electron chi connectivity index (χ0n) is 8.15. The van der Waals surface area contributed by atoms with Gasteiger partial charge in [-0.1, -0.05) is 0 Å². The van der Waals surface area contributed by atoms with E-state index in [-0.39, 0.29) is 0 Å². The molecule has 2 heteroatoms. The maximum absolute atomic E-state index is 8.90. The van der Waals surface area contributed by atoms with Gasteiger partial charge in [-0.3, -0.25) is 0 Å². The van der Waals surface area contributed by atoms with Crippen LogP contribution in [0.5, 0.6) is 0 Å². The van der Waals surface area contributed by atoms with Crippen molar-refractivity contribution in [3.8, 4) is 0 Å². The molecule has 1 heterocycles. The van der Waals surface area contributed by atoms with Crippen LogP contribution in [0.2, 0.25) is 0 Å². The van der Waals surface area contributed by atoms with Crippen molar-refractivity contribution in [3.05, 3.63) is 0 Å². The zero-order chi connectivity index (χ0) is 8.84. The van der Waals surface area contributed by atoms with Gasteiger partial charge in [-0.2, -0.15) is 0 Å². The molecular formula is C11H19NO. The van der Waals surface area contributed by atoms with Crippen LogP contribution in [0.4, 0.5) is 0 Å². The lowest BCUT2D eigenvalue weighted by molar-refractivity contribution is 0.208. The van der Waals surface area contributed by atoms with Crippen LogP contribution in [0, 0.1) is 23.7 Å². The van der Waals surface area contributed by atoms with Crippen LogP contribution in [0.3, 0.4) is 0 Å². The zero-order valence-corrected chi connectivity index (χ0v) is 8.15. The lowest BCUT2D eigenvalue weighted by atomic mass is 9.82. The molecule has 74 valence electrons. The summed E-state index contributed by atoms with van der Waals surface area (Å²) in [5.74, 6) is 4.12. The number of β-amino-alcohol motifs (C(OH)–C–C–N with tert-alkyl or cyclic N) is 1. The first-order chi connectivity index (χ1) is 6.38. The van der Waals surface area contributed by atoms with Gasteiger partial charge in [-0.15, -0.1) is 0 Å². The van der Waals surface area contributed by atoms with Crippen molar-refractivity contribution in [3.63, 3.8) is 0 Å². The fraction of sp³-hybridized carbons (Fsp3) is 1.00. The smallest absolute Gasteiger partial charge is 0.0558 e. The molecule has 2 bridgehead atoms. The number of rotatable bonds is 2. The summed E-state index contributed by atoms with van der Waals surface area (Å²) in [7, 11) is 0. The number of likely N-dealkylation sites (tertiary alicyclic amines) is 1. The van der Waals surface area contributed by atoms with Crippen LogP contribution in [0.1, 0.15) is 19.3 Å². The van der Waals surface area contributed by atoms with E-state index < -0.39 is 0 Å². The van der Waals surface area contributed by atoms with Gasteiger partial charge < -0.3 is 10.0 Å². The van der Waals surface area contributed by atoms with Gasteiger partial charge in [0, 0.05) is 19.6 Å². The van der Waals surface area contributed by atoms with E-state index in [1.807, 2.05) is 0 Å². The molecule has 0 aromatic rings. The normalized spacial score (nSPS) is 48.7. The van der Waals surface area contributed by atoms with Crippen molar-refractivity contribution >= 4 is 0 Å². The molecule has 4 unspecified atom stereocenters. The predicted molar refractivity (Wildman–Crippen MR) is 51.3 cm³/mol.